The summed E-state index contributed by atoms with van der Waals surface area (Å²) in [4.78, 5) is 10.1. The number of allylic oxidation sites excluding steroid dienone is 2. The molecular weight excluding hydrogens is 237 g/mol. The molecule has 2 rings (SSSR count). The van der Waals surface area contributed by atoms with Crippen LogP contribution in [0.2, 0.25) is 0 Å². The molecule has 2 unspecified atom stereocenters. The van der Waals surface area contributed by atoms with E-state index in [-0.39, 0.29) is 5.92 Å². The molecule has 0 radical (unpaired) electrons. The van der Waals surface area contributed by atoms with Gasteiger partial charge in [0.05, 0.1) is 4.92 Å². The lowest BCUT2D eigenvalue weighted by molar-refractivity contribution is -0.451. The van der Waals surface area contributed by atoms with Crippen molar-refractivity contribution in [2.45, 2.75) is 11.8 Å². The summed E-state index contributed by atoms with van der Waals surface area (Å²) in [5.74, 6) is -2.76. The Balaban J connectivity index is 2.39. The minimum absolute atomic E-state index is 0.314. The van der Waals surface area contributed by atoms with Crippen LogP contribution in [0.4, 0.5) is 4.39 Å². The second-order valence-corrected chi connectivity index (χ2v) is 3.95. The van der Waals surface area contributed by atoms with Crippen molar-refractivity contribution < 1.29 is 14.1 Å². The quantitative estimate of drug-likeness (QED) is 0.470. The Hall–Kier alpha value is -2.01. The van der Waals surface area contributed by atoms with Gasteiger partial charge in [-0.25, -0.2) is 0 Å². The van der Waals surface area contributed by atoms with Crippen LogP contribution in [0.25, 0.3) is 0 Å². The first-order valence-corrected chi connectivity index (χ1v) is 5.42. The highest BCUT2D eigenvalue weighted by atomic mass is 19.2. The van der Waals surface area contributed by atoms with Gasteiger partial charge in [0.15, 0.2) is 0 Å². The fourth-order valence-corrected chi connectivity index (χ4v) is 1.89. The molecule has 0 bridgehead atoms. The number of alkyl halides is 1. The van der Waals surface area contributed by atoms with Crippen LogP contribution in [-0.4, -0.2) is 17.9 Å². The number of nitro groups is 1. The first kappa shape index (κ1) is 12.4. The number of benzene rings is 1. The van der Waals surface area contributed by atoms with Crippen LogP contribution in [0, 0.1) is 10.1 Å². The Labute approximate surface area is 104 Å². The average Bonchev–Trinajstić information content (AvgIpc) is 2.40. The van der Waals surface area contributed by atoms with E-state index in [1.165, 1.54) is 6.08 Å². The topological polar surface area (TPSA) is 52.4 Å². The summed E-state index contributed by atoms with van der Waals surface area (Å²) in [5, 5.41) is 10.9. The molecule has 4 nitrogen and oxygen atoms in total. The third-order valence-electron chi connectivity index (χ3n) is 2.88. The summed E-state index contributed by atoms with van der Waals surface area (Å²) in [6, 6.07) is 9.18. The molecule has 0 saturated carbocycles. The zero-order valence-electron chi connectivity index (χ0n) is 9.75. The summed E-state index contributed by atoms with van der Waals surface area (Å²) in [5.41, 5.74) is 0.285. The first-order valence-electron chi connectivity index (χ1n) is 5.42. The Kier molecular flexibility index (Phi) is 3.25. The van der Waals surface area contributed by atoms with Gasteiger partial charge >= 0.3 is 11.6 Å². The fourth-order valence-electron chi connectivity index (χ4n) is 1.89. The van der Waals surface area contributed by atoms with Crippen LogP contribution in [-0.2, 0) is 4.74 Å². The van der Waals surface area contributed by atoms with Crippen molar-refractivity contribution in [2.75, 3.05) is 7.11 Å². The largest absolute Gasteiger partial charge is 0.338 e. The molecule has 5 heteroatoms. The summed E-state index contributed by atoms with van der Waals surface area (Å²) in [6.45, 7) is 0. The van der Waals surface area contributed by atoms with Crippen LogP contribution in [0.1, 0.15) is 11.5 Å². The van der Waals surface area contributed by atoms with Gasteiger partial charge in [-0.05, 0) is 11.6 Å². The third-order valence-corrected chi connectivity index (χ3v) is 2.88. The predicted octanol–water partition coefficient (Wildman–Crippen LogP) is 2.81. The van der Waals surface area contributed by atoms with E-state index in [2.05, 4.69) is 4.74 Å². The van der Waals surface area contributed by atoms with E-state index in [9.17, 15) is 14.5 Å². The fraction of sp³-hybridized carbons (Fsp3) is 0.231. The standard InChI is InChI=1S/C13H12FNO3/c1-18-13(14)8-7-11(9-12(13)15(16)17)10-5-3-2-4-6-10/h2-9,11H,1H3. The molecule has 1 aromatic carbocycles. The molecule has 0 N–H and O–H groups in total. The number of hydrogen-bond acceptors (Lipinski definition) is 3. The van der Waals surface area contributed by atoms with Crippen molar-refractivity contribution >= 4 is 0 Å². The van der Waals surface area contributed by atoms with E-state index in [0.717, 1.165) is 18.7 Å². The highest BCUT2D eigenvalue weighted by molar-refractivity contribution is 5.35. The average molecular weight is 249 g/mol. The maximum absolute atomic E-state index is 14.1. The van der Waals surface area contributed by atoms with E-state index < -0.39 is 16.5 Å². The second-order valence-electron chi connectivity index (χ2n) is 3.95. The molecule has 0 aliphatic heterocycles. The molecule has 1 aliphatic rings. The maximum Gasteiger partial charge on any atom is 0.319 e. The summed E-state index contributed by atoms with van der Waals surface area (Å²) in [6.07, 6.45) is 3.92. The van der Waals surface area contributed by atoms with Gasteiger partial charge in [-0.3, -0.25) is 10.1 Å². The van der Waals surface area contributed by atoms with Gasteiger partial charge in [0.2, 0.25) is 0 Å². The van der Waals surface area contributed by atoms with Crippen LogP contribution in [0.5, 0.6) is 0 Å². The molecule has 1 aromatic rings. The van der Waals surface area contributed by atoms with Gasteiger partial charge in [0.1, 0.15) is 0 Å². The monoisotopic (exact) mass is 249 g/mol. The molecule has 18 heavy (non-hydrogen) atoms. The number of methoxy groups -OCH3 is 1. The van der Waals surface area contributed by atoms with E-state index in [1.54, 1.807) is 6.08 Å². The molecule has 0 spiro atoms. The predicted molar refractivity (Wildman–Crippen MR) is 64.2 cm³/mol. The molecule has 0 heterocycles. The van der Waals surface area contributed by atoms with Crippen molar-refractivity contribution in [3.05, 3.63) is 69.9 Å². The Bertz CT molecular complexity index is 512. The second kappa shape index (κ2) is 4.70. The van der Waals surface area contributed by atoms with Crippen molar-refractivity contribution in [1.29, 1.82) is 0 Å². The molecule has 0 saturated heterocycles. The van der Waals surface area contributed by atoms with Gasteiger partial charge in [-0.1, -0.05) is 36.4 Å². The van der Waals surface area contributed by atoms with Crippen molar-refractivity contribution in [2.24, 2.45) is 0 Å². The van der Waals surface area contributed by atoms with Gasteiger partial charge in [-0.2, -0.15) is 4.39 Å². The zero-order chi connectivity index (χ0) is 13.2. The smallest absolute Gasteiger partial charge is 0.319 e. The van der Waals surface area contributed by atoms with E-state index in [4.69, 9.17) is 0 Å². The molecular formula is C13H12FNO3. The molecule has 94 valence electrons. The number of rotatable bonds is 3. The van der Waals surface area contributed by atoms with Crippen LogP contribution >= 0.6 is 0 Å². The number of halogens is 1. The molecule has 0 fully saturated rings. The zero-order valence-corrected chi connectivity index (χ0v) is 9.75. The summed E-state index contributed by atoms with van der Waals surface area (Å²) >= 11 is 0. The summed E-state index contributed by atoms with van der Waals surface area (Å²) < 4.78 is 18.7. The minimum Gasteiger partial charge on any atom is -0.338 e. The molecule has 2 atom stereocenters. The lowest BCUT2D eigenvalue weighted by atomic mass is 9.91. The van der Waals surface area contributed by atoms with Crippen LogP contribution < -0.4 is 0 Å². The number of hydrogen-bond donors (Lipinski definition) is 0. The van der Waals surface area contributed by atoms with Gasteiger partial charge in [0.25, 0.3) is 0 Å². The molecule has 0 aromatic heterocycles. The van der Waals surface area contributed by atoms with E-state index in [0.29, 0.717) is 0 Å². The van der Waals surface area contributed by atoms with Crippen LogP contribution in [0.15, 0.2) is 54.3 Å². The highest BCUT2D eigenvalue weighted by Gasteiger charge is 2.44. The van der Waals surface area contributed by atoms with E-state index in [1.807, 2.05) is 30.3 Å². The number of ether oxygens (including phenoxy) is 1. The lowest BCUT2D eigenvalue weighted by Gasteiger charge is -2.22. The highest BCUT2D eigenvalue weighted by Crippen LogP contribution is 2.34. The Morgan fingerprint density at radius 2 is 2.06 bits per heavy atom. The number of nitrogens with zero attached hydrogens (tertiary/aromatic N) is 1. The minimum atomic E-state index is -2.45. The maximum atomic E-state index is 14.1. The lowest BCUT2D eigenvalue weighted by Crippen LogP contribution is -2.32. The summed E-state index contributed by atoms with van der Waals surface area (Å²) in [7, 11) is 1.10. The van der Waals surface area contributed by atoms with Gasteiger partial charge in [-0.15, -0.1) is 0 Å². The molecule has 0 amide bonds. The SMILES string of the molecule is COC1(F)C=CC(c2ccccc2)C=C1[N+](=O)[O-]. The van der Waals surface area contributed by atoms with Crippen molar-refractivity contribution in [3.63, 3.8) is 0 Å². The van der Waals surface area contributed by atoms with Crippen molar-refractivity contribution in [1.82, 2.24) is 0 Å². The first-order chi connectivity index (χ1) is 8.57. The van der Waals surface area contributed by atoms with Gasteiger partial charge in [0, 0.05) is 19.1 Å². The van der Waals surface area contributed by atoms with Gasteiger partial charge < -0.3 is 4.74 Å². The van der Waals surface area contributed by atoms with Crippen LogP contribution in [0.3, 0.4) is 0 Å². The molecule has 1 aliphatic carbocycles. The normalized spacial score (nSPS) is 26.8. The Morgan fingerprint density at radius 3 is 2.61 bits per heavy atom. The Morgan fingerprint density at radius 1 is 1.39 bits per heavy atom. The van der Waals surface area contributed by atoms with E-state index >= 15 is 0 Å². The van der Waals surface area contributed by atoms with Crippen molar-refractivity contribution in [3.8, 4) is 0 Å². The third kappa shape index (κ3) is 2.17.